The summed E-state index contributed by atoms with van der Waals surface area (Å²) in [7, 11) is 0. The summed E-state index contributed by atoms with van der Waals surface area (Å²) in [6, 6.07) is 0. The highest BCUT2D eigenvalue weighted by Crippen LogP contribution is 2.07. The van der Waals surface area contributed by atoms with Gasteiger partial charge in [0.25, 0.3) is 0 Å². The molecule has 2 unspecified atom stereocenters. The molecule has 0 amide bonds. The minimum absolute atomic E-state index is 0.382. The third-order valence-corrected chi connectivity index (χ3v) is 1.66. The molecule has 0 rings (SSSR count). The predicted octanol–water partition coefficient (Wildman–Crippen LogP) is 0.253. The van der Waals surface area contributed by atoms with Crippen LogP contribution in [0.5, 0.6) is 0 Å². The summed E-state index contributed by atoms with van der Waals surface area (Å²) in [6.07, 6.45) is -0.309. The first-order valence-corrected chi connectivity index (χ1v) is 4.55. The van der Waals surface area contributed by atoms with E-state index in [-0.39, 0.29) is 0 Å². The van der Waals surface area contributed by atoms with E-state index in [9.17, 15) is 5.11 Å². The van der Waals surface area contributed by atoms with Crippen molar-refractivity contribution in [2.24, 2.45) is 0 Å². The number of rotatable bonds is 6. The Labute approximate surface area is 79.2 Å². The zero-order valence-electron chi connectivity index (χ0n) is 8.53. The SMILES string of the molecule is CC(O)C(O)CCCOC(C)(C)O. The number of aliphatic hydroxyl groups excluding tert-OH is 2. The molecule has 3 N–H and O–H groups in total. The van der Waals surface area contributed by atoms with E-state index in [1.54, 1.807) is 20.8 Å². The van der Waals surface area contributed by atoms with Gasteiger partial charge in [0.15, 0.2) is 5.79 Å². The fourth-order valence-electron chi connectivity index (χ4n) is 0.856. The molecule has 0 aromatic rings. The second kappa shape index (κ2) is 5.54. The summed E-state index contributed by atoms with van der Waals surface area (Å²) >= 11 is 0. The molecule has 0 saturated heterocycles. The summed E-state index contributed by atoms with van der Waals surface area (Å²) in [4.78, 5) is 0. The van der Waals surface area contributed by atoms with Gasteiger partial charge in [-0.05, 0) is 33.6 Å². The van der Waals surface area contributed by atoms with E-state index in [1.807, 2.05) is 0 Å². The van der Waals surface area contributed by atoms with E-state index in [1.165, 1.54) is 0 Å². The van der Waals surface area contributed by atoms with Gasteiger partial charge in [-0.1, -0.05) is 0 Å². The molecule has 0 aliphatic heterocycles. The molecule has 13 heavy (non-hydrogen) atoms. The summed E-state index contributed by atoms with van der Waals surface area (Å²) in [5.74, 6) is -1.12. The molecule has 0 bridgehead atoms. The first-order chi connectivity index (χ1) is 5.83. The van der Waals surface area contributed by atoms with Gasteiger partial charge in [-0.15, -0.1) is 0 Å². The average molecular weight is 192 g/mol. The maximum Gasteiger partial charge on any atom is 0.159 e. The predicted molar refractivity (Wildman–Crippen MR) is 49.2 cm³/mol. The fourth-order valence-corrected chi connectivity index (χ4v) is 0.856. The third-order valence-electron chi connectivity index (χ3n) is 1.66. The lowest BCUT2D eigenvalue weighted by molar-refractivity contribution is -0.177. The fraction of sp³-hybridized carbons (Fsp3) is 1.00. The highest BCUT2D eigenvalue weighted by Gasteiger charge is 2.13. The Balaban J connectivity index is 3.36. The van der Waals surface area contributed by atoms with Gasteiger partial charge in [-0.3, -0.25) is 0 Å². The van der Waals surface area contributed by atoms with Gasteiger partial charge in [-0.2, -0.15) is 0 Å². The lowest BCUT2D eigenvalue weighted by atomic mass is 10.1. The van der Waals surface area contributed by atoms with Crippen LogP contribution in [0, 0.1) is 0 Å². The van der Waals surface area contributed by atoms with Crippen LogP contribution in [0.15, 0.2) is 0 Å². The van der Waals surface area contributed by atoms with Gasteiger partial charge in [0.05, 0.1) is 18.8 Å². The highest BCUT2D eigenvalue weighted by atomic mass is 16.6. The quantitative estimate of drug-likeness (QED) is 0.417. The topological polar surface area (TPSA) is 69.9 Å². The Morgan fingerprint density at radius 1 is 1.31 bits per heavy atom. The Morgan fingerprint density at radius 3 is 2.23 bits per heavy atom. The standard InChI is InChI=1S/C9H20O4/c1-7(10)8(11)5-4-6-13-9(2,3)12/h7-8,10-12H,4-6H2,1-3H3. The largest absolute Gasteiger partial charge is 0.391 e. The molecule has 4 heteroatoms. The van der Waals surface area contributed by atoms with Crippen molar-refractivity contribution >= 4 is 0 Å². The van der Waals surface area contributed by atoms with E-state index in [4.69, 9.17) is 14.9 Å². The first-order valence-electron chi connectivity index (χ1n) is 4.55. The zero-order chi connectivity index (χ0) is 10.5. The van der Waals surface area contributed by atoms with Crippen LogP contribution in [0.25, 0.3) is 0 Å². The Kier molecular flexibility index (Phi) is 5.48. The maximum absolute atomic E-state index is 9.19. The molecule has 0 heterocycles. The van der Waals surface area contributed by atoms with E-state index in [0.717, 1.165) is 0 Å². The van der Waals surface area contributed by atoms with Crippen LogP contribution < -0.4 is 0 Å². The minimum atomic E-state index is -1.12. The van der Waals surface area contributed by atoms with E-state index < -0.39 is 18.0 Å². The van der Waals surface area contributed by atoms with Crippen molar-refractivity contribution in [3.63, 3.8) is 0 Å². The monoisotopic (exact) mass is 192 g/mol. The molecule has 4 nitrogen and oxygen atoms in total. The number of ether oxygens (including phenoxy) is 1. The molecule has 0 saturated carbocycles. The van der Waals surface area contributed by atoms with Crippen molar-refractivity contribution in [3.8, 4) is 0 Å². The van der Waals surface area contributed by atoms with Gasteiger partial charge >= 0.3 is 0 Å². The van der Waals surface area contributed by atoms with Crippen LogP contribution in [0.3, 0.4) is 0 Å². The van der Waals surface area contributed by atoms with Gasteiger partial charge in [0.2, 0.25) is 0 Å². The van der Waals surface area contributed by atoms with Crippen LogP contribution in [0.4, 0.5) is 0 Å². The van der Waals surface area contributed by atoms with Gasteiger partial charge in [-0.25, -0.2) is 0 Å². The second-order valence-electron chi connectivity index (χ2n) is 3.75. The van der Waals surface area contributed by atoms with Crippen LogP contribution in [0.1, 0.15) is 33.6 Å². The summed E-state index contributed by atoms with van der Waals surface area (Å²) < 4.78 is 5.02. The Bertz CT molecular complexity index is 128. The van der Waals surface area contributed by atoms with E-state index in [0.29, 0.717) is 19.4 Å². The van der Waals surface area contributed by atoms with Gasteiger partial charge in [0.1, 0.15) is 0 Å². The third kappa shape index (κ3) is 8.18. The molecule has 2 atom stereocenters. The molecule has 0 aliphatic rings. The molecular formula is C9H20O4. The minimum Gasteiger partial charge on any atom is -0.391 e. The number of aliphatic hydroxyl groups is 3. The van der Waals surface area contributed by atoms with E-state index in [2.05, 4.69) is 0 Å². The molecule has 0 aromatic carbocycles. The van der Waals surface area contributed by atoms with Gasteiger partial charge in [0, 0.05) is 0 Å². The molecule has 0 fully saturated rings. The Morgan fingerprint density at radius 2 is 1.85 bits per heavy atom. The zero-order valence-corrected chi connectivity index (χ0v) is 8.53. The molecule has 0 aliphatic carbocycles. The van der Waals surface area contributed by atoms with Crippen LogP contribution in [0.2, 0.25) is 0 Å². The lowest BCUT2D eigenvalue weighted by Gasteiger charge is -2.19. The normalized spacial score (nSPS) is 17.1. The lowest BCUT2D eigenvalue weighted by Crippen LogP contribution is -2.26. The number of hydrogen-bond donors (Lipinski definition) is 3. The van der Waals surface area contributed by atoms with Crippen molar-refractivity contribution in [2.75, 3.05) is 6.61 Å². The second-order valence-corrected chi connectivity index (χ2v) is 3.75. The molecule has 0 spiro atoms. The van der Waals surface area contributed by atoms with Crippen LogP contribution in [-0.2, 0) is 4.74 Å². The van der Waals surface area contributed by atoms with Crippen LogP contribution >= 0.6 is 0 Å². The average Bonchev–Trinajstić information content (AvgIpc) is 1.95. The van der Waals surface area contributed by atoms with Crippen molar-refractivity contribution in [2.45, 2.75) is 51.6 Å². The molecule has 0 aromatic heterocycles. The van der Waals surface area contributed by atoms with Crippen molar-refractivity contribution < 1.29 is 20.1 Å². The van der Waals surface area contributed by atoms with Crippen LogP contribution in [-0.4, -0.2) is 39.9 Å². The number of hydrogen-bond acceptors (Lipinski definition) is 4. The first kappa shape index (κ1) is 12.8. The van der Waals surface area contributed by atoms with Crippen molar-refractivity contribution in [3.05, 3.63) is 0 Å². The van der Waals surface area contributed by atoms with Crippen molar-refractivity contribution in [1.82, 2.24) is 0 Å². The van der Waals surface area contributed by atoms with E-state index >= 15 is 0 Å². The molecule has 80 valence electrons. The molecular weight excluding hydrogens is 172 g/mol. The summed E-state index contributed by atoms with van der Waals surface area (Å²) in [6.45, 7) is 5.03. The highest BCUT2D eigenvalue weighted by molar-refractivity contribution is 4.61. The summed E-state index contributed by atoms with van der Waals surface area (Å²) in [5, 5.41) is 27.3. The molecule has 0 radical (unpaired) electrons. The smallest absolute Gasteiger partial charge is 0.159 e. The van der Waals surface area contributed by atoms with Gasteiger partial charge < -0.3 is 20.1 Å². The Hall–Kier alpha value is -0.160. The van der Waals surface area contributed by atoms with Crippen molar-refractivity contribution in [1.29, 1.82) is 0 Å². The maximum atomic E-state index is 9.19. The summed E-state index contributed by atoms with van der Waals surface area (Å²) in [5.41, 5.74) is 0.